The van der Waals surface area contributed by atoms with Crippen molar-refractivity contribution in [2.75, 3.05) is 19.6 Å². The van der Waals surface area contributed by atoms with Crippen LogP contribution in [-0.4, -0.2) is 30.8 Å². The van der Waals surface area contributed by atoms with Crippen LogP contribution in [0.15, 0.2) is 16.8 Å². The van der Waals surface area contributed by atoms with Gasteiger partial charge in [-0.1, -0.05) is 0 Å². The van der Waals surface area contributed by atoms with Crippen molar-refractivity contribution in [2.24, 2.45) is 0 Å². The normalized spacial score (nSPS) is 23.1. The second-order valence-electron chi connectivity index (χ2n) is 4.02. The van der Waals surface area contributed by atoms with Gasteiger partial charge in [-0.2, -0.15) is 11.3 Å². The molecular weight excluding hydrogens is 208 g/mol. The smallest absolute Gasteiger partial charge is 0.0922 e. The van der Waals surface area contributed by atoms with Crippen molar-refractivity contribution in [1.29, 1.82) is 0 Å². The Morgan fingerprint density at radius 3 is 3.27 bits per heavy atom. The molecule has 1 aromatic heterocycles. The van der Waals surface area contributed by atoms with Crippen LogP contribution in [-0.2, 0) is 0 Å². The fourth-order valence-electron chi connectivity index (χ4n) is 1.91. The van der Waals surface area contributed by atoms with Crippen LogP contribution in [0.2, 0.25) is 0 Å². The maximum Gasteiger partial charge on any atom is 0.0922 e. The molecule has 1 aliphatic rings. The second kappa shape index (κ2) is 5.61. The molecule has 0 aromatic carbocycles. The first-order chi connectivity index (χ1) is 7.36. The van der Waals surface area contributed by atoms with Crippen molar-refractivity contribution in [3.8, 4) is 0 Å². The highest BCUT2D eigenvalue weighted by atomic mass is 32.1. The summed E-state index contributed by atoms with van der Waals surface area (Å²) in [7, 11) is 0. The first kappa shape index (κ1) is 11.1. The minimum Gasteiger partial charge on any atom is -0.387 e. The average molecular weight is 226 g/mol. The number of rotatable bonds is 5. The number of aliphatic hydroxyl groups excluding tert-OH is 1. The fraction of sp³-hybridized carbons (Fsp3) is 0.636. The van der Waals surface area contributed by atoms with Crippen molar-refractivity contribution in [3.05, 3.63) is 22.4 Å². The van der Waals surface area contributed by atoms with E-state index in [1.807, 2.05) is 16.8 Å². The van der Waals surface area contributed by atoms with Crippen molar-refractivity contribution in [2.45, 2.75) is 25.0 Å². The molecule has 2 unspecified atom stereocenters. The van der Waals surface area contributed by atoms with Gasteiger partial charge in [-0.25, -0.2) is 0 Å². The predicted molar refractivity (Wildman–Crippen MR) is 63.2 cm³/mol. The van der Waals surface area contributed by atoms with Gasteiger partial charge in [0.1, 0.15) is 0 Å². The quantitative estimate of drug-likeness (QED) is 0.705. The van der Waals surface area contributed by atoms with Gasteiger partial charge in [0.25, 0.3) is 0 Å². The second-order valence-corrected chi connectivity index (χ2v) is 4.80. The highest BCUT2D eigenvalue weighted by Crippen LogP contribution is 2.15. The molecule has 1 saturated heterocycles. The van der Waals surface area contributed by atoms with Gasteiger partial charge >= 0.3 is 0 Å². The van der Waals surface area contributed by atoms with Crippen LogP contribution in [0.5, 0.6) is 0 Å². The molecule has 0 spiro atoms. The SMILES string of the molecule is OC(CNCC1CCCN1)c1ccsc1. The van der Waals surface area contributed by atoms with E-state index in [2.05, 4.69) is 10.6 Å². The van der Waals surface area contributed by atoms with E-state index in [0.29, 0.717) is 12.6 Å². The van der Waals surface area contributed by atoms with E-state index in [-0.39, 0.29) is 6.10 Å². The Morgan fingerprint density at radius 2 is 2.60 bits per heavy atom. The van der Waals surface area contributed by atoms with Gasteiger partial charge < -0.3 is 15.7 Å². The summed E-state index contributed by atoms with van der Waals surface area (Å²) in [5, 5.41) is 20.5. The van der Waals surface area contributed by atoms with Gasteiger partial charge in [0, 0.05) is 19.1 Å². The number of thiophene rings is 1. The number of hydrogen-bond donors (Lipinski definition) is 3. The third-order valence-corrected chi connectivity index (χ3v) is 3.52. The van der Waals surface area contributed by atoms with E-state index < -0.39 is 0 Å². The summed E-state index contributed by atoms with van der Waals surface area (Å²) in [5.74, 6) is 0. The van der Waals surface area contributed by atoms with Gasteiger partial charge in [-0.05, 0) is 41.8 Å². The van der Waals surface area contributed by atoms with Gasteiger partial charge in [-0.3, -0.25) is 0 Å². The average Bonchev–Trinajstić information content (AvgIpc) is 2.90. The van der Waals surface area contributed by atoms with E-state index in [1.54, 1.807) is 11.3 Å². The molecular formula is C11H18N2OS. The van der Waals surface area contributed by atoms with Crippen LogP contribution in [0, 0.1) is 0 Å². The zero-order valence-corrected chi connectivity index (χ0v) is 9.59. The van der Waals surface area contributed by atoms with Crippen LogP contribution >= 0.6 is 11.3 Å². The van der Waals surface area contributed by atoms with Gasteiger partial charge in [0.05, 0.1) is 6.10 Å². The largest absolute Gasteiger partial charge is 0.387 e. The molecule has 84 valence electrons. The Labute approximate surface area is 94.5 Å². The predicted octanol–water partition coefficient (Wildman–Crippen LogP) is 1.12. The Morgan fingerprint density at radius 1 is 1.67 bits per heavy atom. The molecule has 15 heavy (non-hydrogen) atoms. The van der Waals surface area contributed by atoms with Crippen LogP contribution in [0.25, 0.3) is 0 Å². The fourth-order valence-corrected chi connectivity index (χ4v) is 2.61. The van der Waals surface area contributed by atoms with Crippen LogP contribution in [0.1, 0.15) is 24.5 Å². The third-order valence-electron chi connectivity index (χ3n) is 2.82. The van der Waals surface area contributed by atoms with E-state index in [4.69, 9.17) is 0 Å². The van der Waals surface area contributed by atoms with Crippen LogP contribution in [0.4, 0.5) is 0 Å². The molecule has 3 N–H and O–H groups in total. The lowest BCUT2D eigenvalue weighted by molar-refractivity contribution is 0.174. The van der Waals surface area contributed by atoms with Crippen LogP contribution < -0.4 is 10.6 Å². The molecule has 2 heterocycles. The monoisotopic (exact) mass is 226 g/mol. The van der Waals surface area contributed by atoms with Crippen molar-refractivity contribution in [3.63, 3.8) is 0 Å². The minimum absolute atomic E-state index is 0.363. The molecule has 1 aliphatic heterocycles. The number of aliphatic hydroxyl groups is 1. The molecule has 0 bridgehead atoms. The first-order valence-corrected chi connectivity index (χ1v) is 6.45. The molecule has 0 saturated carbocycles. The molecule has 3 nitrogen and oxygen atoms in total. The zero-order chi connectivity index (χ0) is 10.5. The summed E-state index contributed by atoms with van der Waals surface area (Å²) < 4.78 is 0. The maximum atomic E-state index is 9.81. The van der Waals surface area contributed by atoms with E-state index >= 15 is 0 Å². The lowest BCUT2D eigenvalue weighted by atomic mass is 10.2. The lowest BCUT2D eigenvalue weighted by Crippen LogP contribution is -2.35. The molecule has 2 atom stereocenters. The van der Waals surface area contributed by atoms with Crippen LogP contribution in [0.3, 0.4) is 0 Å². The lowest BCUT2D eigenvalue weighted by Gasteiger charge is -2.14. The maximum absolute atomic E-state index is 9.81. The summed E-state index contributed by atoms with van der Waals surface area (Å²) in [6.45, 7) is 2.75. The third kappa shape index (κ3) is 3.28. The highest BCUT2D eigenvalue weighted by molar-refractivity contribution is 7.07. The van der Waals surface area contributed by atoms with Gasteiger partial charge in [-0.15, -0.1) is 0 Å². The standard InChI is InChI=1S/C11H18N2OS/c14-11(9-3-5-15-8-9)7-12-6-10-2-1-4-13-10/h3,5,8,10-14H,1-2,4,6-7H2. The summed E-state index contributed by atoms with van der Waals surface area (Å²) in [6, 6.07) is 2.57. The van der Waals surface area contributed by atoms with Crippen molar-refractivity contribution in [1.82, 2.24) is 10.6 Å². The number of hydrogen-bond acceptors (Lipinski definition) is 4. The zero-order valence-electron chi connectivity index (χ0n) is 8.78. The molecule has 1 fully saturated rings. The molecule has 1 aromatic rings. The summed E-state index contributed by atoms with van der Waals surface area (Å²) in [4.78, 5) is 0. The number of nitrogens with one attached hydrogen (secondary N) is 2. The minimum atomic E-state index is -0.363. The van der Waals surface area contributed by atoms with Crippen molar-refractivity contribution >= 4 is 11.3 Å². The molecule has 0 amide bonds. The van der Waals surface area contributed by atoms with Gasteiger partial charge in [0.15, 0.2) is 0 Å². The Balaban J connectivity index is 1.65. The Bertz CT molecular complexity index is 270. The van der Waals surface area contributed by atoms with Gasteiger partial charge in [0.2, 0.25) is 0 Å². The van der Waals surface area contributed by atoms with E-state index in [9.17, 15) is 5.11 Å². The highest BCUT2D eigenvalue weighted by Gasteiger charge is 2.14. The Hall–Kier alpha value is -0.420. The summed E-state index contributed by atoms with van der Waals surface area (Å²) in [5.41, 5.74) is 1.02. The molecule has 0 radical (unpaired) electrons. The molecule has 4 heteroatoms. The van der Waals surface area contributed by atoms with Crippen molar-refractivity contribution < 1.29 is 5.11 Å². The summed E-state index contributed by atoms with van der Waals surface area (Å²) in [6.07, 6.45) is 2.17. The molecule has 2 rings (SSSR count). The molecule has 0 aliphatic carbocycles. The topological polar surface area (TPSA) is 44.3 Å². The van der Waals surface area contributed by atoms with E-state index in [1.165, 1.54) is 12.8 Å². The van der Waals surface area contributed by atoms with E-state index in [0.717, 1.165) is 18.7 Å². The first-order valence-electron chi connectivity index (χ1n) is 5.50. The summed E-state index contributed by atoms with van der Waals surface area (Å²) >= 11 is 1.63. The Kier molecular flexibility index (Phi) is 4.14.